The van der Waals surface area contributed by atoms with Crippen LogP contribution in [0.4, 0.5) is 0 Å². The highest BCUT2D eigenvalue weighted by molar-refractivity contribution is 7.11. The number of rotatable bonds is 7. The number of thiazole rings is 1. The van der Waals surface area contributed by atoms with Crippen molar-refractivity contribution >= 4 is 11.3 Å². The van der Waals surface area contributed by atoms with Crippen molar-refractivity contribution < 1.29 is 0 Å². The van der Waals surface area contributed by atoms with Gasteiger partial charge < -0.3 is 5.32 Å². The van der Waals surface area contributed by atoms with Gasteiger partial charge in [0, 0.05) is 17.3 Å². The molecular formula is C14H26N2S. The predicted octanol–water partition coefficient (Wildman–Crippen LogP) is 3.96. The van der Waals surface area contributed by atoms with Gasteiger partial charge in [-0.15, -0.1) is 11.3 Å². The van der Waals surface area contributed by atoms with Crippen LogP contribution in [0, 0.1) is 5.92 Å². The van der Waals surface area contributed by atoms with Crippen molar-refractivity contribution in [2.24, 2.45) is 5.92 Å². The van der Waals surface area contributed by atoms with E-state index in [1.807, 2.05) is 11.3 Å². The Morgan fingerprint density at radius 3 is 2.47 bits per heavy atom. The lowest BCUT2D eigenvalue weighted by Gasteiger charge is -2.05. The molecule has 0 bridgehead atoms. The molecule has 1 aromatic heterocycles. The summed E-state index contributed by atoms with van der Waals surface area (Å²) in [5.41, 5.74) is 1.32. The molecule has 1 atom stereocenters. The highest BCUT2D eigenvalue weighted by Crippen LogP contribution is 2.28. The summed E-state index contributed by atoms with van der Waals surface area (Å²) in [4.78, 5) is 6.29. The number of hydrogen-bond acceptors (Lipinski definition) is 3. The van der Waals surface area contributed by atoms with Crippen molar-refractivity contribution in [3.8, 4) is 0 Å². The smallest absolute Gasteiger partial charge is 0.0959 e. The maximum atomic E-state index is 4.85. The van der Waals surface area contributed by atoms with Crippen molar-refractivity contribution in [1.29, 1.82) is 0 Å². The first-order chi connectivity index (χ1) is 8.08. The van der Waals surface area contributed by atoms with E-state index in [0.29, 0.717) is 11.8 Å². The zero-order valence-electron chi connectivity index (χ0n) is 11.8. The van der Waals surface area contributed by atoms with Crippen LogP contribution in [0.2, 0.25) is 0 Å². The summed E-state index contributed by atoms with van der Waals surface area (Å²) < 4.78 is 0. The highest BCUT2D eigenvalue weighted by atomic mass is 32.1. The molecule has 0 aliphatic carbocycles. The molecule has 0 fully saturated rings. The lowest BCUT2D eigenvalue weighted by molar-refractivity contribution is 0.622. The molecule has 0 aliphatic rings. The fourth-order valence-electron chi connectivity index (χ4n) is 1.71. The Bertz CT molecular complexity index is 331. The molecule has 0 saturated heterocycles. The molecule has 1 unspecified atom stereocenters. The standard InChI is InChI=1S/C14H26N2S/c1-6-11(5)14-16-12(8-10(3)4)13(17-14)9-15-7-2/h10-11,15H,6-9H2,1-5H3. The lowest BCUT2D eigenvalue weighted by Crippen LogP contribution is -2.12. The maximum absolute atomic E-state index is 4.85. The first kappa shape index (κ1) is 14.7. The average Bonchev–Trinajstić information content (AvgIpc) is 2.67. The minimum Gasteiger partial charge on any atom is -0.312 e. The van der Waals surface area contributed by atoms with Gasteiger partial charge in [-0.1, -0.05) is 34.6 Å². The number of nitrogens with one attached hydrogen (secondary N) is 1. The molecule has 1 rings (SSSR count). The van der Waals surface area contributed by atoms with E-state index in [2.05, 4.69) is 39.9 Å². The Morgan fingerprint density at radius 2 is 1.94 bits per heavy atom. The molecule has 1 heterocycles. The molecule has 0 spiro atoms. The van der Waals surface area contributed by atoms with Crippen LogP contribution in [0.25, 0.3) is 0 Å². The van der Waals surface area contributed by atoms with Crippen LogP contribution in [-0.4, -0.2) is 11.5 Å². The van der Waals surface area contributed by atoms with E-state index < -0.39 is 0 Å². The third-order valence-electron chi connectivity index (χ3n) is 2.97. The lowest BCUT2D eigenvalue weighted by atomic mass is 10.1. The van der Waals surface area contributed by atoms with E-state index in [1.165, 1.54) is 22.0 Å². The van der Waals surface area contributed by atoms with Gasteiger partial charge in [0.05, 0.1) is 10.7 Å². The summed E-state index contributed by atoms with van der Waals surface area (Å²) >= 11 is 1.90. The topological polar surface area (TPSA) is 24.9 Å². The van der Waals surface area contributed by atoms with Crippen molar-refractivity contribution in [3.05, 3.63) is 15.6 Å². The molecule has 3 heteroatoms. The van der Waals surface area contributed by atoms with E-state index in [1.54, 1.807) is 0 Å². The van der Waals surface area contributed by atoms with Gasteiger partial charge in [-0.2, -0.15) is 0 Å². The van der Waals surface area contributed by atoms with Crippen LogP contribution in [0.3, 0.4) is 0 Å². The predicted molar refractivity (Wildman–Crippen MR) is 76.7 cm³/mol. The molecule has 1 aromatic rings. The van der Waals surface area contributed by atoms with Crippen LogP contribution < -0.4 is 5.32 Å². The SMILES string of the molecule is CCNCc1sc(C(C)CC)nc1CC(C)C. The largest absolute Gasteiger partial charge is 0.312 e. The molecule has 17 heavy (non-hydrogen) atoms. The summed E-state index contributed by atoms with van der Waals surface area (Å²) in [5.74, 6) is 1.28. The molecule has 0 radical (unpaired) electrons. The third-order valence-corrected chi connectivity index (χ3v) is 4.30. The van der Waals surface area contributed by atoms with Crippen molar-refractivity contribution in [1.82, 2.24) is 10.3 Å². The van der Waals surface area contributed by atoms with Crippen LogP contribution >= 0.6 is 11.3 Å². The van der Waals surface area contributed by atoms with E-state index in [-0.39, 0.29) is 0 Å². The molecule has 98 valence electrons. The van der Waals surface area contributed by atoms with E-state index >= 15 is 0 Å². The van der Waals surface area contributed by atoms with E-state index in [9.17, 15) is 0 Å². The van der Waals surface area contributed by atoms with Gasteiger partial charge in [-0.3, -0.25) is 0 Å². The quantitative estimate of drug-likeness (QED) is 0.796. The fourth-order valence-corrected chi connectivity index (χ4v) is 2.91. The summed E-state index contributed by atoms with van der Waals surface area (Å²) in [6, 6.07) is 0. The summed E-state index contributed by atoms with van der Waals surface area (Å²) in [6.45, 7) is 13.2. The fraction of sp³-hybridized carbons (Fsp3) is 0.786. The van der Waals surface area contributed by atoms with Gasteiger partial charge in [0.15, 0.2) is 0 Å². The van der Waals surface area contributed by atoms with Gasteiger partial charge in [0.2, 0.25) is 0 Å². The zero-order chi connectivity index (χ0) is 12.8. The molecule has 0 amide bonds. The minimum absolute atomic E-state index is 0.598. The number of hydrogen-bond donors (Lipinski definition) is 1. The third kappa shape index (κ3) is 4.40. The maximum Gasteiger partial charge on any atom is 0.0959 e. The Kier molecular flexibility index (Phi) is 6.14. The van der Waals surface area contributed by atoms with Crippen molar-refractivity contribution in [2.45, 2.75) is 59.9 Å². The summed E-state index contributed by atoms with van der Waals surface area (Å²) in [6.07, 6.45) is 2.28. The molecule has 0 aliphatic heterocycles. The normalized spacial score (nSPS) is 13.3. The first-order valence-electron chi connectivity index (χ1n) is 6.77. The average molecular weight is 254 g/mol. The monoisotopic (exact) mass is 254 g/mol. The molecular weight excluding hydrogens is 228 g/mol. The van der Waals surface area contributed by atoms with Crippen molar-refractivity contribution in [3.63, 3.8) is 0 Å². The van der Waals surface area contributed by atoms with E-state index in [4.69, 9.17) is 4.98 Å². The second-order valence-electron chi connectivity index (χ2n) is 5.11. The minimum atomic E-state index is 0.598. The second kappa shape index (κ2) is 7.12. The molecule has 1 N–H and O–H groups in total. The zero-order valence-corrected chi connectivity index (χ0v) is 12.7. The molecule has 0 aromatic carbocycles. The Balaban J connectivity index is 2.86. The van der Waals surface area contributed by atoms with Gasteiger partial charge in [0.1, 0.15) is 0 Å². The Hall–Kier alpha value is -0.410. The Morgan fingerprint density at radius 1 is 1.24 bits per heavy atom. The molecule has 0 saturated carbocycles. The highest BCUT2D eigenvalue weighted by Gasteiger charge is 2.15. The Labute approximate surface area is 110 Å². The van der Waals surface area contributed by atoms with Crippen LogP contribution in [0.1, 0.15) is 62.5 Å². The second-order valence-corrected chi connectivity index (χ2v) is 6.22. The van der Waals surface area contributed by atoms with Gasteiger partial charge in [-0.05, 0) is 25.3 Å². The van der Waals surface area contributed by atoms with Gasteiger partial charge in [0.25, 0.3) is 0 Å². The number of aromatic nitrogens is 1. The van der Waals surface area contributed by atoms with Gasteiger partial charge >= 0.3 is 0 Å². The van der Waals surface area contributed by atoms with Crippen LogP contribution in [0.5, 0.6) is 0 Å². The summed E-state index contributed by atoms with van der Waals surface area (Å²) in [5, 5.41) is 4.73. The first-order valence-corrected chi connectivity index (χ1v) is 7.59. The van der Waals surface area contributed by atoms with Crippen molar-refractivity contribution in [2.75, 3.05) is 6.54 Å². The van der Waals surface area contributed by atoms with E-state index in [0.717, 1.165) is 19.5 Å². The number of nitrogens with zero attached hydrogens (tertiary/aromatic N) is 1. The van der Waals surface area contributed by atoms with Crippen LogP contribution in [-0.2, 0) is 13.0 Å². The van der Waals surface area contributed by atoms with Gasteiger partial charge in [-0.25, -0.2) is 4.98 Å². The van der Waals surface area contributed by atoms with Crippen LogP contribution in [0.15, 0.2) is 0 Å². The molecule has 2 nitrogen and oxygen atoms in total. The summed E-state index contributed by atoms with van der Waals surface area (Å²) in [7, 11) is 0.